The standard InChI is InChI=1S/C15H13F3N2O/c16-11-4-3-10(12(17)6-11)8-21-15-19-7-13(18)14(20-15)5-9-1-2-9/h3-4,6-7,9H,1-2,5,8H2. The highest BCUT2D eigenvalue weighted by molar-refractivity contribution is 5.18. The van der Waals surface area contributed by atoms with E-state index < -0.39 is 17.5 Å². The maximum absolute atomic E-state index is 13.5. The number of ether oxygens (including phenoxy) is 1. The van der Waals surface area contributed by atoms with Crippen LogP contribution in [0.15, 0.2) is 24.4 Å². The zero-order valence-electron chi connectivity index (χ0n) is 11.2. The first-order valence-electron chi connectivity index (χ1n) is 6.70. The van der Waals surface area contributed by atoms with Crippen molar-refractivity contribution in [2.24, 2.45) is 5.92 Å². The van der Waals surface area contributed by atoms with Crippen molar-refractivity contribution >= 4 is 0 Å². The van der Waals surface area contributed by atoms with Gasteiger partial charge in [-0.3, -0.25) is 0 Å². The number of aromatic nitrogens is 2. The van der Waals surface area contributed by atoms with E-state index >= 15 is 0 Å². The summed E-state index contributed by atoms with van der Waals surface area (Å²) in [6.45, 7) is -0.138. The van der Waals surface area contributed by atoms with Gasteiger partial charge in [-0.05, 0) is 37.3 Å². The molecular formula is C15H13F3N2O. The van der Waals surface area contributed by atoms with Crippen LogP contribution < -0.4 is 4.74 Å². The van der Waals surface area contributed by atoms with Crippen LogP contribution in [-0.2, 0) is 13.0 Å². The summed E-state index contributed by atoms with van der Waals surface area (Å²) in [5.74, 6) is -1.32. The molecule has 1 heterocycles. The Morgan fingerprint density at radius 2 is 1.95 bits per heavy atom. The van der Waals surface area contributed by atoms with Crippen molar-refractivity contribution in [2.75, 3.05) is 0 Å². The molecule has 1 saturated carbocycles. The summed E-state index contributed by atoms with van der Waals surface area (Å²) < 4.78 is 45.1. The molecule has 0 bridgehead atoms. The topological polar surface area (TPSA) is 35.0 Å². The highest BCUT2D eigenvalue weighted by atomic mass is 19.1. The van der Waals surface area contributed by atoms with Crippen molar-refractivity contribution in [3.63, 3.8) is 0 Å². The molecule has 0 aliphatic heterocycles. The summed E-state index contributed by atoms with van der Waals surface area (Å²) in [5.41, 5.74) is 0.509. The lowest BCUT2D eigenvalue weighted by atomic mass is 10.2. The molecule has 1 aliphatic rings. The summed E-state index contributed by atoms with van der Waals surface area (Å²) in [7, 11) is 0. The summed E-state index contributed by atoms with van der Waals surface area (Å²) in [6.07, 6.45) is 3.79. The Balaban J connectivity index is 1.69. The van der Waals surface area contributed by atoms with E-state index in [4.69, 9.17) is 4.74 Å². The van der Waals surface area contributed by atoms with Crippen molar-refractivity contribution in [3.8, 4) is 6.01 Å². The zero-order valence-corrected chi connectivity index (χ0v) is 11.2. The zero-order chi connectivity index (χ0) is 14.8. The highest BCUT2D eigenvalue weighted by Gasteiger charge is 2.24. The molecule has 1 aliphatic carbocycles. The van der Waals surface area contributed by atoms with Crippen LogP contribution in [0.3, 0.4) is 0 Å². The molecule has 1 aromatic carbocycles. The van der Waals surface area contributed by atoms with Crippen LogP contribution in [0, 0.1) is 23.4 Å². The van der Waals surface area contributed by atoms with Crippen LogP contribution in [-0.4, -0.2) is 9.97 Å². The Morgan fingerprint density at radius 1 is 1.14 bits per heavy atom. The van der Waals surface area contributed by atoms with Gasteiger partial charge in [-0.25, -0.2) is 18.2 Å². The molecule has 6 heteroatoms. The van der Waals surface area contributed by atoms with E-state index in [0.717, 1.165) is 31.2 Å². The SMILES string of the molecule is Fc1ccc(COc2ncc(F)c(CC3CC3)n2)c(F)c1. The summed E-state index contributed by atoms with van der Waals surface area (Å²) in [4.78, 5) is 7.73. The molecule has 0 N–H and O–H groups in total. The van der Waals surface area contributed by atoms with Crippen LogP contribution in [0.25, 0.3) is 0 Å². The number of hydrogen-bond donors (Lipinski definition) is 0. The summed E-state index contributed by atoms with van der Waals surface area (Å²) >= 11 is 0. The van der Waals surface area contributed by atoms with Gasteiger partial charge in [0.05, 0.1) is 11.9 Å². The second-order valence-corrected chi connectivity index (χ2v) is 5.12. The first-order chi connectivity index (χ1) is 10.1. The average molecular weight is 294 g/mol. The van der Waals surface area contributed by atoms with Crippen LogP contribution >= 0.6 is 0 Å². The van der Waals surface area contributed by atoms with Crippen molar-refractivity contribution < 1.29 is 17.9 Å². The van der Waals surface area contributed by atoms with E-state index in [1.165, 1.54) is 6.07 Å². The van der Waals surface area contributed by atoms with Gasteiger partial charge in [-0.2, -0.15) is 4.98 Å². The minimum atomic E-state index is -0.699. The normalized spacial score (nSPS) is 14.2. The molecule has 2 aromatic rings. The lowest BCUT2D eigenvalue weighted by molar-refractivity contribution is 0.272. The molecule has 3 nitrogen and oxygen atoms in total. The van der Waals surface area contributed by atoms with Crippen molar-refractivity contribution in [2.45, 2.75) is 25.9 Å². The molecule has 0 spiro atoms. The van der Waals surface area contributed by atoms with E-state index in [-0.39, 0.29) is 18.2 Å². The molecule has 1 fully saturated rings. The van der Waals surface area contributed by atoms with Crippen molar-refractivity contribution in [3.05, 3.63) is 53.1 Å². The molecule has 21 heavy (non-hydrogen) atoms. The first kappa shape index (κ1) is 13.9. The lowest BCUT2D eigenvalue weighted by Crippen LogP contribution is -2.05. The molecule has 1 aromatic heterocycles. The second kappa shape index (κ2) is 5.71. The molecule has 0 radical (unpaired) electrons. The van der Waals surface area contributed by atoms with Gasteiger partial charge in [0.15, 0.2) is 5.82 Å². The Kier molecular flexibility index (Phi) is 3.77. The minimum Gasteiger partial charge on any atom is -0.458 e. The van der Waals surface area contributed by atoms with Gasteiger partial charge in [0, 0.05) is 11.6 Å². The Bertz CT molecular complexity index is 659. The first-order valence-corrected chi connectivity index (χ1v) is 6.70. The third-order valence-electron chi connectivity index (χ3n) is 3.35. The monoisotopic (exact) mass is 294 g/mol. The van der Waals surface area contributed by atoms with Gasteiger partial charge in [0.25, 0.3) is 0 Å². The second-order valence-electron chi connectivity index (χ2n) is 5.12. The fourth-order valence-electron chi connectivity index (χ4n) is 1.97. The Labute approximate surface area is 119 Å². The van der Waals surface area contributed by atoms with E-state index in [9.17, 15) is 13.2 Å². The Morgan fingerprint density at radius 3 is 2.67 bits per heavy atom. The number of nitrogens with zero attached hydrogens (tertiary/aromatic N) is 2. The van der Waals surface area contributed by atoms with Gasteiger partial charge < -0.3 is 4.74 Å². The van der Waals surface area contributed by atoms with Crippen molar-refractivity contribution in [1.82, 2.24) is 9.97 Å². The number of benzene rings is 1. The highest BCUT2D eigenvalue weighted by Crippen LogP contribution is 2.32. The maximum Gasteiger partial charge on any atom is 0.317 e. The Hall–Kier alpha value is -2.11. The summed E-state index contributed by atoms with van der Waals surface area (Å²) in [6, 6.07) is 3.21. The fourth-order valence-corrected chi connectivity index (χ4v) is 1.97. The fraction of sp³-hybridized carbons (Fsp3) is 0.333. The van der Waals surface area contributed by atoms with E-state index in [0.29, 0.717) is 18.0 Å². The van der Waals surface area contributed by atoms with E-state index in [2.05, 4.69) is 9.97 Å². The molecule has 0 unspecified atom stereocenters. The van der Waals surface area contributed by atoms with Gasteiger partial charge in [-0.15, -0.1) is 0 Å². The quantitative estimate of drug-likeness (QED) is 0.847. The van der Waals surface area contributed by atoms with Crippen LogP contribution in [0.1, 0.15) is 24.1 Å². The minimum absolute atomic E-state index is 0.00391. The smallest absolute Gasteiger partial charge is 0.317 e. The average Bonchev–Trinajstić information content (AvgIpc) is 3.25. The third kappa shape index (κ3) is 3.51. The number of rotatable bonds is 5. The predicted octanol–water partition coefficient (Wildman–Crippen LogP) is 3.43. The van der Waals surface area contributed by atoms with Gasteiger partial charge >= 0.3 is 6.01 Å². The third-order valence-corrected chi connectivity index (χ3v) is 3.35. The molecule has 110 valence electrons. The number of hydrogen-bond acceptors (Lipinski definition) is 3. The van der Waals surface area contributed by atoms with Gasteiger partial charge in [-0.1, -0.05) is 0 Å². The molecule has 0 amide bonds. The molecule has 0 saturated heterocycles. The molecule has 0 atom stereocenters. The van der Waals surface area contributed by atoms with Gasteiger partial charge in [0.2, 0.25) is 0 Å². The van der Waals surface area contributed by atoms with Crippen molar-refractivity contribution in [1.29, 1.82) is 0 Å². The van der Waals surface area contributed by atoms with Crippen LogP contribution in [0.4, 0.5) is 13.2 Å². The predicted molar refractivity (Wildman–Crippen MR) is 69.1 cm³/mol. The molecule has 3 rings (SSSR count). The number of halogens is 3. The van der Waals surface area contributed by atoms with Crippen LogP contribution in [0.2, 0.25) is 0 Å². The summed E-state index contributed by atoms with van der Waals surface area (Å²) in [5, 5.41) is 0. The maximum atomic E-state index is 13.5. The molecular weight excluding hydrogens is 281 g/mol. The van der Waals surface area contributed by atoms with E-state index in [1.54, 1.807) is 0 Å². The van der Waals surface area contributed by atoms with Gasteiger partial charge in [0.1, 0.15) is 18.2 Å². The van der Waals surface area contributed by atoms with E-state index in [1.807, 2.05) is 0 Å². The largest absolute Gasteiger partial charge is 0.458 e. The van der Waals surface area contributed by atoms with Crippen LogP contribution in [0.5, 0.6) is 6.01 Å². The lowest BCUT2D eigenvalue weighted by Gasteiger charge is -2.07.